The largest absolute Gasteiger partial charge is 0.495 e. The molecule has 22 heavy (non-hydrogen) atoms. The van der Waals surface area contributed by atoms with Crippen molar-refractivity contribution in [3.63, 3.8) is 0 Å². The van der Waals surface area contributed by atoms with Gasteiger partial charge in [0.25, 0.3) is 0 Å². The summed E-state index contributed by atoms with van der Waals surface area (Å²) in [4.78, 5) is 11.2. The number of carboxylic acids is 1. The first-order chi connectivity index (χ1) is 10.3. The van der Waals surface area contributed by atoms with E-state index in [2.05, 4.69) is 4.72 Å². The summed E-state index contributed by atoms with van der Waals surface area (Å²) >= 11 is 5.82. The average Bonchev–Trinajstić information content (AvgIpc) is 2.98. The van der Waals surface area contributed by atoms with Crippen molar-refractivity contribution >= 4 is 27.6 Å². The van der Waals surface area contributed by atoms with Crippen LogP contribution >= 0.6 is 11.6 Å². The number of hydrogen-bond donors (Lipinski definition) is 2. The van der Waals surface area contributed by atoms with Crippen molar-refractivity contribution in [1.29, 1.82) is 0 Å². The lowest BCUT2D eigenvalue weighted by Gasteiger charge is -2.20. The lowest BCUT2D eigenvalue weighted by Crippen LogP contribution is -2.46. The molecular formula is C13H16ClNO6S. The van der Waals surface area contributed by atoms with Gasteiger partial charge in [-0.25, -0.2) is 8.42 Å². The van der Waals surface area contributed by atoms with Gasteiger partial charge < -0.3 is 14.6 Å². The summed E-state index contributed by atoms with van der Waals surface area (Å²) in [7, 11) is -2.78. The second-order valence-electron chi connectivity index (χ2n) is 4.86. The van der Waals surface area contributed by atoms with Crippen LogP contribution in [0.4, 0.5) is 0 Å². The van der Waals surface area contributed by atoms with E-state index in [0.29, 0.717) is 13.0 Å². The molecule has 2 N–H and O–H groups in total. The minimum Gasteiger partial charge on any atom is -0.495 e. The second-order valence-corrected chi connectivity index (χ2v) is 6.97. The van der Waals surface area contributed by atoms with E-state index in [1.807, 2.05) is 0 Å². The predicted molar refractivity (Wildman–Crippen MR) is 78.7 cm³/mol. The summed E-state index contributed by atoms with van der Waals surface area (Å²) < 4.78 is 37.3. The first-order valence-corrected chi connectivity index (χ1v) is 8.37. The Balaban J connectivity index is 2.33. The molecule has 2 rings (SSSR count). The molecule has 0 aromatic heterocycles. The number of rotatable bonds is 6. The Labute approximate surface area is 133 Å². The molecule has 122 valence electrons. The maximum absolute atomic E-state index is 12.5. The first-order valence-electron chi connectivity index (χ1n) is 6.51. The molecule has 7 nitrogen and oxygen atoms in total. The molecule has 1 aliphatic heterocycles. The van der Waals surface area contributed by atoms with E-state index in [0.717, 1.165) is 0 Å². The maximum Gasteiger partial charge on any atom is 0.322 e. The highest BCUT2D eigenvalue weighted by Gasteiger charge is 2.35. The molecule has 2 unspecified atom stereocenters. The van der Waals surface area contributed by atoms with Gasteiger partial charge in [-0.3, -0.25) is 4.79 Å². The van der Waals surface area contributed by atoms with E-state index in [1.54, 1.807) is 0 Å². The van der Waals surface area contributed by atoms with Crippen molar-refractivity contribution in [3.05, 3.63) is 23.2 Å². The summed E-state index contributed by atoms with van der Waals surface area (Å²) in [6, 6.07) is 2.84. The average molecular weight is 350 g/mol. The van der Waals surface area contributed by atoms with Crippen LogP contribution in [0.5, 0.6) is 5.75 Å². The molecule has 1 saturated heterocycles. The Bertz CT molecular complexity index is 656. The number of carboxylic acid groups (broad SMARTS) is 1. The number of ether oxygens (including phenoxy) is 2. The Kier molecular flexibility index (Phi) is 5.28. The fraction of sp³-hybridized carbons (Fsp3) is 0.462. The number of carbonyl (C=O) groups is 1. The Morgan fingerprint density at radius 3 is 2.82 bits per heavy atom. The summed E-state index contributed by atoms with van der Waals surface area (Å²) in [5.74, 6) is -1.58. The van der Waals surface area contributed by atoms with Crippen molar-refractivity contribution in [3.8, 4) is 5.75 Å². The van der Waals surface area contributed by atoms with E-state index >= 15 is 0 Å². The smallest absolute Gasteiger partial charge is 0.322 e. The number of halogens is 1. The van der Waals surface area contributed by atoms with Crippen LogP contribution in [0.15, 0.2) is 23.1 Å². The molecule has 0 radical (unpaired) electrons. The zero-order valence-electron chi connectivity index (χ0n) is 11.8. The molecule has 9 heteroatoms. The zero-order chi connectivity index (χ0) is 16.3. The van der Waals surface area contributed by atoms with Gasteiger partial charge >= 0.3 is 5.97 Å². The second kappa shape index (κ2) is 6.82. The molecule has 0 bridgehead atoms. The van der Waals surface area contributed by atoms with Crippen molar-refractivity contribution < 1.29 is 27.8 Å². The minimum atomic E-state index is -4.10. The minimum absolute atomic E-state index is 0.0868. The fourth-order valence-electron chi connectivity index (χ4n) is 2.26. The summed E-state index contributed by atoms with van der Waals surface area (Å²) in [6.07, 6.45) is 0.478. The fourth-order valence-corrected chi connectivity index (χ4v) is 3.94. The van der Waals surface area contributed by atoms with Crippen LogP contribution in [0.2, 0.25) is 5.02 Å². The molecule has 1 aromatic carbocycles. The van der Waals surface area contributed by atoms with E-state index in [-0.39, 0.29) is 22.3 Å². The number of benzene rings is 1. The van der Waals surface area contributed by atoms with Crippen LogP contribution in [0, 0.1) is 5.92 Å². The zero-order valence-corrected chi connectivity index (χ0v) is 13.4. The predicted octanol–water partition coefficient (Wildman–Crippen LogP) is 1.12. The highest BCUT2D eigenvalue weighted by molar-refractivity contribution is 7.89. The van der Waals surface area contributed by atoms with E-state index in [1.165, 1.54) is 25.3 Å². The number of sulfonamides is 1. The highest BCUT2D eigenvalue weighted by atomic mass is 35.5. The summed E-state index contributed by atoms with van der Waals surface area (Å²) in [6.45, 7) is 0.614. The Morgan fingerprint density at radius 1 is 1.55 bits per heavy atom. The van der Waals surface area contributed by atoms with Crippen LogP contribution in [-0.2, 0) is 19.6 Å². The van der Waals surface area contributed by atoms with Crippen LogP contribution < -0.4 is 9.46 Å². The van der Waals surface area contributed by atoms with Gasteiger partial charge in [-0.1, -0.05) is 11.6 Å². The van der Waals surface area contributed by atoms with Gasteiger partial charge in [0, 0.05) is 17.5 Å². The van der Waals surface area contributed by atoms with Crippen LogP contribution in [0.1, 0.15) is 6.42 Å². The van der Waals surface area contributed by atoms with Gasteiger partial charge in [0.05, 0.1) is 13.7 Å². The van der Waals surface area contributed by atoms with Gasteiger partial charge in [-0.15, -0.1) is 0 Å². The third kappa shape index (κ3) is 3.70. The molecule has 1 heterocycles. The summed E-state index contributed by atoms with van der Waals surface area (Å²) in [5.41, 5.74) is 0. The molecule has 0 amide bonds. The third-order valence-corrected chi connectivity index (χ3v) is 5.10. The Morgan fingerprint density at radius 2 is 2.27 bits per heavy atom. The van der Waals surface area contributed by atoms with E-state index < -0.39 is 28.0 Å². The van der Waals surface area contributed by atoms with Gasteiger partial charge in [-0.2, -0.15) is 4.72 Å². The molecule has 1 aliphatic rings. The van der Waals surface area contributed by atoms with Crippen molar-refractivity contribution in [1.82, 2.24) is 4.72 Å². The van der Waals surface area contributed by atoms with Crippen LogP contribution in [-0.4, -0.2) is 45.9 Å². The van der Waals surface area contributed by atoms with Crippen molar-refractivity contribution in [2.45, 2.75) is 17.4 Å². The maximum atomic E-state index is 12.5. The molecule has 0 aliphatic carbocycles. The molecule has 0 saturated carbocycles. The van der Waals surface area contributed by atoms with Gasteiger partial charge in [0.1, 0.15) is 16.7 Å². The summed E-state index contributed by atoms with van der Waals surface area (Å²) in [5, 5.41) is 9.49. The van der Waals surface area contributed by atoms with Crippen molar-refractivity contribution in [2.24, 2.45) is 5.92 Å². The number of nitrogens with one attached hydrogen (secondary N) is 1. The van der Waals surface area contributed by atoms with E-state index in [9.17, 15) is 18.3 Å². The molecule has 2 atom stereocenters. The lowest BCUT2D eigenvalue weighted by atomic mass is 10.0. The molecule has 0 spiro atoms. The molecule has 1 fully saturated rings. The van der Waals surface area contributed by atoms with Crippen molar-refractivity contribution in [2.75, 3.05) is 20.3 Å². The quantitative estimate of drug-likeness (QED) is 0.797. The molecule has 1 aromatic rings. The highest BCUT2D eigenvalue weighted by Crippen LogP contribution is 2.28. The number of methoxy groups -OCH3 is 1. The van der Waals surface area contributed by atoms with Gasteiger partial charge in [-0.05, 0) is 24.6 Å². The van der Waals surface area contributed by atoms with Crippen LogP contribution in [0.3, 0.4) is 0 Å². The third-order valence-electron chi connectivity index (χ3n) is 3.40. The molecular weight excluding hydrogens is 334 g/mol. The normalized spacial score (nSPS) is 19.8. The standard InChI is InChI=1S/C13H16ClNO6S/c1-20-10-3-2-9(14)6-11(10)22(18,19)15-12(13(16)17)8-4-5-21-7-8/h2-3,6,8,12,15H,4-5,7H2,1H3,(H,16,17). The number of aliphatic carboxylic acids is 1. The van der Waals surface area contributed by atoms with Crippen LogP contribution in [0.25, 0.3) is 0 Å². The van der Waals surface area contributed by atoms with Gasteiger partial charge in [0.2, 0.25) is 10.0 Å². The topological polar surface area (TPSA) is 102 Å². The first kappa shape index (κ1) is 17.0. The monoisotopic (exact) mass is 349 g/mol. The van der Waals surface area contributed by atoms with Gasteiger partial charge in [0.15, 0.2) is 0 Å². The Hall–Kier alpha value is -1.35. The number of hydrogen-bond acceptors (Lipinski definition) is 5. The SMILES string of the molecule is COc1ccc(Cl)cc1S(=O)(=O)NC(C(=O)O)C1CCOC1. The van der Waals surface area contributed by atoms with E-state index in [4.69, 9.17) is 21.1 Å². The lowest BCUT2D eigenvalue weighted by molar-refractivity contribution is -0.140.